The van der Waals surface area contributed by atoms with Gasteiger partial charge in [-0.2, -0.15) is 0 Å². The maximum Gasteiger partial charge on any atom is 0.146 e. The zero-order chi connectivity index (χ0) is 20.3. The van der Waals surface area contributed by atoms with E-state index in [0.29, 0.717) is 29.0 Å². The number of benzene rings is 3. The van der Waals surface area contributed by atoms with Gasteiger partial charge in [0, 0.05) is 11.9 Å². The third-order valence-corrected chi connectivity index (χ3v) is 4.66. The molecule has 0 saturated carbocycles. The summed E-state index contributed by atoms with van der Waals surface area (Å²) in [5.41, 5.74) is 9.62. The molecule has 4 N–H and O–H groups in total. The Kier molecular flexibility index (Phi) is 5.94. The average Bonchev–Trinajstić information content (AvgIpc) is 2.60. The maximum absolute atomic E-state index is 14.3. The minimum Gasteiger partial charge on any atom is -0.399 e. The van der Waals surface area contributed by atoms with Crippen molar-refractivity contribution >= 4 is 33.7 Å². The molecule has 3 rings (SSSR count). The number of nitrogen functional groups attached to an aromatic ring is 1. The standard InChI is InChI=1S/C21H21F2N3OS/c1-13-6-7-19(18(23)8-13)25-20-12-16(22)11-15(21(20)26-28(2)27)9-14-4-3-5-17(24)10-14/h3-8,10-12,25-26H,9,24H2,1-2H3. The van der Waals surface area contributed by atoms with Crippen molar-refractivity contribution in [1.82, 2.24) is 0 Å². The second-order valence-corrected chi connectivity index (χ2v) is 7.69. The van der Waals surface area contributed by atoms with Crippen molar-refractivity contribution in [2.24, 2.45) is 0 Å². The number of hydrogen-bond donors (Lipinski definition) is 3. The predicted molar refractivity (Wildman–Crippen MR) is 112 cm³/mol. The van der Waals surface area contributed by atoms with Gasteiger partial charge in [-0.15, -0.1) is 0 Å². The van der Waals surface area contributed by atoms with Gasteiger partial charge in [0.2, 0.25) is 0 Å². The summed E-state index contributed by atoms with van der Waals surface area (Å²) in [5, 5.41) is 2.92. The van der Waals surface area contributed by atoms with E-state index in [9.17, 15) is 13.0 Å². The highest BCUT2D eigenvalue weighted by Crippen LogP contribution is 2.33. The molecular weight excluding hydrogens is 380 g/mol. The van der Waals surface area contributed by atoms with Gasteiger partial charge in [-0.05, 0) is 66.4 Å². The normalized spacial score (nSPS) is 11.9. The molecular formula is C21H21F2N3OS. The number of anilines is 4. The van der Waals surface area contributed by atoms with Crippen LogP contribution in [0.3, 0.4) is 0 Å². The summed E-state index contributed by atoms with van der Waals surface area (Å²) < 4.78 is 43.3. The smallest absolute Gasteiger partial charge is 0.146 e. The second kappa shape index (κ2) is 8.39. The Morgan fingerprint density at radius 1 is 1.04 bits per heavy atom. The SMILES string of the molecule is Cc1ccc(Nc2cc(F)cc(Cc3cccc(N)c3)c2NS(C)=O)c(F)c1. The Hall–Kier alpha value is -2.93. The molecule has 0 saturated heterocycles. The Labute approximate surface area is 165 Å². The second-order valence-electron chi connectivity index (χ2n) is 6.57. The molecule has 0 aliphatic carbocycles. The van der Waals surface area contributed by atoms with Gasteiger partial charge in [0.25, 0.3) is 0 Å². The predicted octanol–water partition coefficient (Wildman–Crippen LogP) is 4.90. The van der Waals surface area contributed by atoms with Gasteiger partial charge in [-0.1, -0.05) is 18.2 Å². The lowest BCUT2D eigenvalue weighted by molar-refractivity contribution is 0.625. The Balaban J connectivity index is 2.05. The summed E-state index contributed by atoms with van der Waals surface area (Å²) in [4.78, 5) is 0. The first kappa shape index (κ1) is 19.8. The van der Waals surface area contributed by atoms with Gasteiger partial charge in [0.05, 0.1) is 17.1 Å². The van der Waals surface area contributed by atoms with E-state index in [-0.39, 0.29) is 5.69 Å². The third-order valence-electron chi connectivity index (χ3n) is 4.17. The summed E-state index contributed by atoms with van der Waals surface area (Å²) in [6.07, 6.45) is 1.84. The van der Waals surface area contributed by atoms with Crippen LogP contribution in [-0.4, -0.2) is 10.5 Å². The zero-order valence-electron chi connectivity index (χ0n) is 15.6. The van der Waals surface area contributed by atoms with Crippen molar-refractivity contribution in [2.75, 3.05) is 22.0 Å². The van der Waals surface area contributed by atoms with Crippen LogP contribution >= 0.6 is 0 Å². The fourth-order valence-electron chi connectivity index (χ4n) is 2.96. The van der Waals surface area contributed by atoms with E-state index >= 15 is 0 Å². The van der Waals surface area contributed by atoms with E-state index < -0.39 is 22.6 Å². The van der Waals surface area contributed by atoms with E-state index in [4.69, 9.17) is 5.73 Å². The molecule has 146 valence electrons. The maximum atomic E-state index is 14.3. The van der Waals surface area contributed by atoms with Crippen LogP contribution in [0.15, 0.2) is 54.6 Å². The van der Waals surface area contributed by atoms with E-state index in [2.05, 4.69) is 10.0 Å². The first-order valence-electron chi connectivity index (χ1n) is 8.62. The van der Waals surface area contributed by atoms with Crippen LogP contribution in [0.4, 0.5) is 31.5 Å². The molecule has 0 aromatic heterocycles. The monoisotopic (exact) mass is 401 g/mol. The first-order chi connectivity index (χ1) is 13.3. The summed E-state index contributed by atoms with van der Waals surface area (Å²) in [7, 11) is -1.40. The third kappa shape index (κ3) is 4.86. The minimum absolute atomic E-state index is 0.205. The molecule has 28 heavy (non-hydrogen) atoms. The molecule has 0 radical (unpaired) electrons. The molecule has 1 unspecified atom stereocenters. The number of aryl methyl sites for hydroxylation is 1. The van der Waals surface area contributed by atoms with E-state index in [1.165, 1.54) is 24.5 Å². The number of hydrogen-bond acceptors (Lipinski definition) is 3. The van der Waals surface area contributed by atoms with Crippen molar-refractivity contribution in [1.29, 1.82) is 0 Å². The molecule has 0 heterocycles. The van der Waals surface area contributed by atoms with Crippen LogP contribution in [0.25, 0.3) is 0 Å². The average molecular weight is 401 g/mol. The summed E-state index contributed by atoms with van der Waals surface area (Å²) in [6, 6.07) is 14.6. The van der Waals surface area contributed by atoms with Gasteiger partial charge in [-0.3, -0.25) is 0 Å². The van der Waals surface area contributed by atoms with Crippen LogP contribution in [0.5, 0.6) is 0 Å². The molecule has 1 atom stereocenters. The van der Waals surface area contributed by atoms with Gasteiger partial charge < -0.3 is 15.8 Å². The summed E-state index contributed by atoms with van der Waals surface area (Å²) >= 11 is 0. The molecule has 0 aliphatic rings. The van der Waals surface area contributed by atoms with Crippen molar-refractivity contribution < 1.29 is 13.0 Å². The lowest BCUT2D eigenvalue weighted by Crippen LogP contribution is -2.09. The Morgan fingerprint density at radius 3 is 2.50 bits per heavy atom. The highest BCUT2D eigenvalue weighted by atomic mass is 32.2. The number of rotatable bonds is 6. The van der Waals surface area contributed by atoms with Crippen LogP contribution < -0.4 is 15.8 Å². The Bertz CT molecular complexity index is 1040. The molecule has 0 aliphatic heterocycles. The van der Waals surface area contributed by atoms with Crippen molar-refractivity contribution in [3.8, 4) is 0 Å². The zero-order valence-corrected chi connectivity index (χ0v) is 16.4. The summed E-state index contributed by atoms with van der Waals surface area (Å²) in [6.45, 7) is 1.78. The van der Waals surface area contributed by atoms with Crippen molar-refractivity contribution in [3.63, 3.8) is 0 Å². The highest BCUT2D eigenvalue weighted by Gasteiger charge is 2.15. The fraction of sp³-hybridized carbons (Fsp3) is 0.143. The van der Waals surface area contributed by atoms with Crippen LogP contribution in [0.2, 0.25) is 0 Å². The van der Waals surface area contributed by atoms with Crippen LogP contribution in [0.1, 0.15) is 16.7 Å². The van der Waals surface area contributed by atoms with E-state index in [1.54, 1.807) is 31.2 Å². The van der Waals surface area contributed by atoms with E-state index in [0.717, 1.165) is 11.1 Å². The molecule has 7 heteroatoms. The number of halogens is 2. The van der Waals surface area contributed by atoms with Crippen molar-refractivity contribution in [3.05, 3.63) is 82.9 Å². The van der Waals surface area contributed by atoms with Crippen LogP contribution in [-0.2, 0) is 17.4 Å². The quantitative estimate of drug-likeness (QED) is 0.515. The molecule has 0 fully saturated rings. The number of nitrogens with one attached hydrogen (secondary N) is 2. The molecule has 3 aromatic rings. The molecule has 0 bridgehead atoms. The fourth-order valence-corrected chi connectivity index (χ4v) is 3.48. The first-order valence-corrected chi connectivity index (χ1v) is 10.2. The Morgan fingerprint density at radius 2 is 1.82 bits per heavy atom. The van der Waals surface area contributed by atoms with Gasteiger partial charge in [-0.25, -0.2) is 13.0 Å². The van der Waals surface area contributed by atoms with Gasteiger partial charge in [0.15, 0.2) is 0 Å². The number of nitrogens with two attached hydrogens (primary N) is 1. The van der Waals surface area contributed by atoms with Gasteiger partial charge >= 0.3 is 0 Å². The molecule has 3 aromatic carbocycles. The lowest BCUT2D eigenvalue weighted by atomic mass is 10.0. The molecule has 0 amide bonds. The van der Waals surface area contributed by atoms with Gasteiger partial charge in [0.1, 0.15) is 22.6 Å². The highest BCUT2D eigenvalue weighted by molar-refractivity contribution is 7.85. The lowest BCUT2D eigenvalue weighted by Gasteiger charge is -2.18. The van der Waals surface area contributed by atoms with E-state index in [1.807, 2.05) is 12.1 Å². The topological polar surface area (TPSA) is 67.2 Å². The van der Waals surface area contributed by atoms with Crippen LogP contribution in [0, 0.1) is 18.6 Å². The minimum atomic E-state index is -1.40. The molecule has 4 nitrogen and oxygen atoms in total. The largest absolute Gasteiger partial charge is 0.399 e. The molecule has 0 spiro atoms. The van der Waals surface area contributed by atoms with Crippen molar-refractivity contribution in [2.45, 2.75) is 13.3 Å². The summed E-state index contributed by atoms with van der Waals surface area (Å²) in [5.74, 6) is -0.938.